The van der Waals surface area contributed by atoms with Crippen LogP contribution < -0.4 is 11.1 Å². The van der Waals surface area contributed by atoms with Crippen molar-refractivity contribution in [2.45, 2.75) is 69.6 Å². The first-order chi connectivity index (χ1) is 22.5. The van der Waals surface area contributed by atoms with E-state index < -0.39 is 23.3 Å². The second kappa shape index (κ2) is 13.9. The zero-order chi connectivity index (χ0) is 33.3. The van der Waals surface area contributed by atoms with E-state index in [1.807, 2.05) is 29.2 Å². The number of piperidine rings is 2. The maximum atomic E-state index is 13.9. The Balaban J connectivity index is 1.12. The fraction of sp³-hybridized carbons (Fsp3) is 0.559. The molecule has 13 heteroatoms. The Hall–Kier alpha value is -3.51. The van der Waals surface area contributed by atoms with Crippen molar-refractivity contribution in [3.05, 3.63) is 58.1 Å². The summed E-state index contributed by atoms with van der Waals surface area (Å²) in [6.45, 7) is 4.67. The Bertz CT molecular complexity index is 1490. The molecule has 0 bridgehead atoms. The minimum Gasteiger partial charge on any atom is -0.397 e. The van der Waals surface area contributed by atoms with E-state index in [2.05, 4.69) is 10.2 Å². The number of halogens is 4. The highest BCUT2D eigenvalue weighted by atomic mass is 35.5. The molecule has 0 saturated carbocycles. The molecule has 0 radical (unpaired) electrons. The number of carbonyl (C=O) groups excluding carboxylic acids is 3. The number of para-hydroxylation sites is 1. The second-order valence-electron chi connectivity index (χ2n) is 13.2. The van der Waals surface area contributed by atoms with Gasteiger partial charge in [0.1, 0.15) is 0 Å². The number of nitrogen functional groups attached to an aromatic ring is 1. The van der Waals surface area contributed by atoms with Crippen molar-refractivity contribution < 1.29 is 27.6 Å². The molecule has 0 spiro atoms. The molecule has 4 aliphatic rings. The third-order valence-electron chi connectivity index (χ3n) is 10.3. The smallest absolute Gasteiger partial charge is 0.397 e. The number of hydrogen-bond acceptors (Lipinski definition) is 5. The lowest BCUT2D eigenvalue weighted by atomic mass is 9.91. The van der Waals surface area contributed by atoms with Crippen molar-refractivity contribution in [1.82, 2.24) is 19.6 Å². The van der Waals surface area contributed by atoms with Crippen molar-refractivity contribution in [2.24, 2.45) is 5.92 Å². The van der Waals surface area contributed by atoms with Crippen LogP contribution in [0.25, 0.3) is 0 Å². The Morgan fingerprint density at radius 3 is 2.26 bits per heavy atom. The van der Waals surface area contributed by atoms with E-state index in [-0.39, 0.29) is 47.3 Å². The van der Waals surface area contributed by atoms with Crippen LogP contribution in [0.3, 0.4) is 0 Å². The molecule has 3 N–H and O–H groups in total. The summed E-state index contributed by atoms with van der Waals surface area (Å²) in [6, 6.07) is 10.3. The monoisotopic (exact) mass is 674 g/mol. The highest BCUT2D eigenvalue weighted by Crippen LogP contribution is 2.38. The number of urea groups is 1. The predicted octanol–water partition coefficient (Wildman–Crippen LogP) is 5.27. The lowest BCUT2D eigenvalue weighted by molar-refractivity contribution is -0.143. The van der Waals surface area contributed by atoms with Crippen molar-refractivity contribution in [3.63, 3.8) is 0 Å². The average Bonchev–Trinajstić information content (AvgIpc) is 3.19. The fourth-order valence-electron chi connectivity index (χ4n) is 7.48. The maximum absolute atomic E-state index is 13.9. The molecule has 1 atom stereocenters. The van der Waals surface area contributed by atoms with Gasteiger partial charge in [0.15, 0.2) is 0 Å². The third-order valence-corrected chi connectivity index (χ3v) is 10.6. The van der Waals surface area contributed by atoms with Crippen LogP contribution in [0.5, 0.6) is 0 Å². The van der Waals surface area contributed by atoms with E-state index in [1.54, 1.807) is 9.80 Å². The number of alkyl halides is 3. The van der Waals surface area contributed by atoms with Gasteiger partial charge in [-0.25, -0.2) is 4.79 Å². The van der Waals surface area contributed by atoms with E-state index in [4.69, 9.17) is 17.3 Å². The van der Waals surface area contributed by atoms with Gasteiger partial charge in [0.25, 0.3) is 0 Å². The number of likely N-dealkylation sites (tertiary alicyclic amines) is 3. The van der Waals surface area contributed by atoms with Crippen molar-refractivity contribution >= 4 is 40.8 Å². The molecular formula is C34H42ClF3N6O3. The van der Waals surface area contributed by atoms with E-state index in [9.17, 15) is 27.6 Å². The lowest BCUT2D eigenvalue weighted by Crippen LogP contribution is -2.52. The molecule has 0 aliphatic carbocycles. The summed E-state index contributed by atoms with van der Waals surface area (Å²) in [7, 11) is 0. The van der Waals surface area contributed by atoms with Gasteiger partial charge in [0.05, 0.1) is 22.2 Å². The molecule has 6 rings (SSSR count). The largest absolute Gasteiger partial charge is 0.418 e. The second-order valence-corrected chi connectivity index (χ2v) is 13.6. The number of carbonyl (C=O) groups is 3. The molecule has 4 heterocycles. The zero-order valence-corrected chi connectivity index (χ0v) is 27.2. The number of fused-ring (bicyclic) bond motifs is 1. The van der Waals surface area contributed by atoms with Crippen molar-refractivity contribution in [1.29, 1.82) is 0 Å². The van der Waals surface area contributed by atoms with Gasteiger partial charge >= 0.3 is 12.2 Å². The van der Waals surface area contributed by atoms with Gasteiger partial charge in [-0.3, -0.25) is 9.59 Å². The quantitative estimate of drug-likeness (QED) is 0.390. The number of amides is 4. The molecule has 2 aromatic rings. The summed E-state index contributed by atoms with van der Waals surface area (Å²) in [4.78, 5) is 48.4. The number of nitrogens with two attached hydrogens (primary N) is 1. The maximum Gasteiger partial charge on any atom is 0.418 e. The number of rotatable bonds is 7. The average molecular weight is 675 g/mol. The molecule has 3 fully saturated rings. The molecule has 1 unspecified atom stereocenters. The topological polar surface area (TPSA) is 102 Å². The van der Waals surface area contributed by atoms with Crippen LogP contribution in [0.4, 0.5) is 29.3 Å². The first kappa shape index (κ1) is 33.4. The summed E-state index contributed by atoms with van der Waals surface area (Å²) in [5.41, 5.74) is 6.17. The van der Waals surface area contributed by atoms with Gasteiger partial charge < -0.3 is 30.7 Å². The Labute approximate surface area is 278 Å². The predicted molar refractivity (Wildman–Crippen MR) is 174 cm³/mol. The molecule has 47 heavy (non-hydrogen) atoms. The Kier molecular flexibility index (Phi) is 9.89. The number of nitrogens with zero attached hydrogens (tertiary/aromatic N) is 4. The van der Waals surface area contributed by atoms with Crippen LogP contribution in [0.15, 0.2) is 36.4 Å². The Morgan fingerprint density at radius 1 is 0.936 bits per heavy atom. The van der Waals surface area contributed by atoms with Crippen LogP contribution in [-0.2, 0) is 28.6 Å². The van der Waals surface area contributed by atoms with E-state index in [0.717, 1.165) is 49.7 Å². The molecule has 4 amide bonds. The van der Waals surface area contributed by atoms with Crippen LogP contribution in [0, 0.1) is 5.92 Å². The number of nitrogens with one attached hydrogen (secondary N) is 1. The molecule has 3 saturated heterocycles. The van der Waals surface area contributed by atoms with E-state index >= 15 is 0 Å². The van der Waals surface area contributed by atoms with Crippen molar-refractivity contribution in [2.75, 3.05) is 56.9 Å². The fourth-order valence-corrected chi connectivity index (χ4v) is 7.72. The van der Waals surface area contributed by atoms with Gasteiger partial charge in [0, 0.05) is 56.9 Å². The van der Waals surface area contributed by atoms with Gasteiger partial charge in [-0.05, 0) is 87.4 Å². The van der Waals surface area contributed by atoms with E-state index in [0.29, 0.717) is 51.6 Å². The minimum absolute atomic E-state index is 0.0313. The van der Waals surface area contributed by atoms with Crippen LogP contribution in [0.1, 0.15) is 55.2 Å². The highest BCUT2D eigenvalue weighted by Gasteiger charge is 2.38. The molecular weight excluding hydrogens is 633 g/mol. The summed E-state index contributed by atoms with van der Waals surface area (Å²) < 4.78 is 41.3. The zero-order valence-electron chi connectivity index (χ0n) is 26.4. The van der Waals surface area contributed by atoms with Crippen LogP contribution in [0.2, 0.25) is 5.02 Å². The first-order valence-corrected chi connectivity index (χ1v) is 17.0. The minimum atomic E-state index is -4.71. The number of hydrogen-bond donors (Lipinski definition) is 2. The number of anilines is 2. The third kappa shape index (κ3) is 7.48. The standard InChI is InChI=1S/C34H42ClF3N6O3/c35-28-20-22(19-27(31(28)39)34(36,37)38)18-24(32(46)43-15-7-25(8-16-43)41-11-3-12-41)21-30(45)42-13-9-26(10-14-42)44-17-6-23-4-1-2-5-29(23)40-33(44)47/h1-2,4-5,19-20,24-26H,3,6-18,21,39H2,(H,40,47). The van der Waals surface area contributed by atoms with Crippen molar-refractivity contribution in [3.8, 4) is 0 Å². The molecule has 0 aromatic heterocycles. The van der Waals surface area contributed by atoms with Gasteiger partial charge in [-0.1, -0.05) is 29.8 Å². The summed E-state index contributed by atoms with van der Waals surface area (Å²) in [6.07, 6.45) is -0.121. The normalized spacial score (nSPS) is 20.7. The molecule has 9 nitrogen and oxygen atoms in total. The van der Waals surface area contributed by atoms with Crippen LogP contribution in [-0.4, -0.2) is 95.3 Å². The molecule has 254 valence electrons. The van der Waals surface area contributed by atoms with Gasteiger partial charge in [-0.2, -0.15) is 13.2 Å². The molecule has 4 aliphatic heterocycles. The summed E-state index contributed by atoms with van der Waals surface area (Å²) in [5, 5.41) is 2.78. The van der Waals surface area contributed by atoms with Gasteiger partial charge in [-0.15, -0.1) is 0 Å². The SMILES string of the molecule is Nc1c(Cl)cc(CC(CC(=O)N2CCC(N3CCc4ccccc4NC3=O)CC2)C(=O)N2CCC(N3CCC3)CC2)cc1C(F)(F)F. The summed E-state index contributed by atoms with van der Waals surface area (Å²) in [5.74, 6) is -1.29. The van der Waals surface area contributed by atoms with E-state index in [1.165, 1.54) is 12.5 Å². The van der Waals surface area contributed by atoms with Gasteiger partial charge in [0.2, 0.25) is 11.8 Å². The Morgan fingerprint density at radius 2 is 1.60 bits per heavy atom. The highest BCUT2D eigenvalue weighted by molar-refractivity contribution is 6.33. The lowest BCUT2D eigenvalue weighted by Gasteiger charge is -2.43. The number of benzene rings is 2. The van der Waals surface area contributed by atoms with Crippen LogP contribution >= 0.6 is 11.6 Å². The summed E-state index contributed by atoms with van der Waals surface area (Å²) >= 11 is 6.12. The first-order valence-electron chi connectivity index (χ1n) is 16.6. The molecule has 2 aromatic carbocycles.